The van der Waals surface area contributed by atoms with E-state index in [0.717, 1.165) is 58.6 Å². The van der Waals surface area contributed by atoms with Gasteiger partial charge < -0.3 is 25.2 Å². The lowest BCUT2D eigenvalue weighted by Crippen LogP contribution is -2.47. The number of hydrogen-bond donors (Lipinski definition) is 2. The highest BCUT2D eigenvalue weighted by Gasteiger charge is 2.16. The molecule has 1 aliphatic heterocycles. The van der Waals surface area contributed by atoms with Gasteiger partial charge in [-0.25, -0.2) is 0 Å². The van der Waals surface area contributed by atoms with Gasteiger partial charge in [-0.15, -0.1) is 24.0 Å². The van der Waals surface area contributed by atoms with E-state index in [1.54, 1.807) is 14.2 Å². The predicted molar refractivity (Wildman–Crippen MR) is 109 cm³/mol. The molecule has 8 heteroatoms. The van der Waals surface area contributed by atoms with Gasteiger partial charge in [-0.3, -0.25) is 9.79 Å². The van der Waals surface area contributed by atoms with Gasteiger partial charge in [0.25, 0.3) is 0 Å². The Balaban J connectivity index is 0.00000529. The molecule has 0 bridgehead atoms. The maximum Gasteiger partial charge on any atom is 0.241 e. The van der Waals surface area contributed by atoms with E-state index in [0.29, 0.717) is 12.5 Å². The minimum absolute atomic E-state index is 0. The maximum atomic E-state index is 12.1. The van der Waals surface area contributed by atoms with Gasteiger partial charge in [0.05, 0.1) is 6.54 Å². The number of methoxy groups -OCH3 is 1. The van der Waals surface area contributed by atoms with E-state index in [1.165, 1.54) is 6.42 Å². The van der Waals surface area contributed by atoms with Crippen LogP contribution >= 0.6 is 24.0 Å². The minimum atomic E-state index is 0. The molecule has 7 nitrogen and oxygen atoms in total. The maximum absolute atomic E-state index is 12.1. The molecule has 0 saturated carbocycles. The zero-order valence-corrected chi connectivity index (χ0v) is 17.7. The molecule has 142 valence electrons. The standard InChI is InChI=1S/C16H33N5O2.HI/c1-17-16(18-8-12-20(2)9-7-13-23-3)19-14-15(22)21-10-5-4-6-11-21;/h4-14H2,1-3H3,(H2,17,18,19);1H. The molecule has 0 atom stereocenters. The summed E-state index contributed by atoms with van der Waals surface area (Å²) in [4.78, 5) is 20.5. The summed E-state index contributed by atoms with van der Waals surface area (Å²) in [5, 5.41) is 6.35. The molecule has 0 spiro atoms. The van der Waals surface area contributed by atoms with Crippen molar-refractivity contribution < 1.29 is 9.53 Å². The summed E-state index contributed by atoms with van der Waals surface area (Å²) in [6.45, 7) is 5.60. The van der Waals surface area contributed by atoms with Gasteiger partial charge in [-0.1, -0.05) is 0 Å². The molecule has 0 unspecified atom stereocenters. The molecule has 1 aliphatic rings. The van der Waals surface area contributed by atoms with Crippen LogP contribution in [0.3, 0.4) is 0 Å². The van der Waals surface area contributed by atoms with Gasteiger partial charge in [0, 0.05) is 53.5 Å². The molecular formula is C16H34IN5O2. The molecule has 0 aromatic heterocycles. The molecule has 0 aromatic rings. The lowest BCUT2D eigenvalue weighted by Gasteiger charge is -2.27. The lowest BCUT2D eigenvalue weighted by atomic mass is 10.1. The molecule has 0 aromatic carbocycles. The van der Waals surface area contributed by atoms with Gasteiger partial charge in [-0.05, 0) is 32.7 Å². The summed E-state index contributed by atoms with van der Waals surface area (Å²) in [6.07, 6.45) is 4.50. The summed E-state index contributed by atoms with van der Waals surface area (Å²) in [5.74, 6) is 0.838. The van der Waals surface area contributed by atoms with Crippen LogP contribution in [0.25, 0.3) is 0 Å². The third kappa shape index (κ3) is 10.3. The van der Waals surface area contributed by atoms with Crippen LogP contribution in [0.1, 0.15) is 25.7 Å². The van der Waals surface area contributed by atoms with Crippen LogP contribution in [-0.4, -0.2) is 88.7 Å². The number of halogens is 1. The van der Waals surface area contributed by atoms with Crippen molar-refractivity contribution in [3.63, 3.8) is 0 Å². The van der Waals surface area contributed by atoms with Crippen LogP contribution in [0.15, 0.2) is 4.99 Å². The van der Waals surface area contributed by atoms with E-state index in [-0.39, 0.29) is 29.9 Å². The number of aliphatic imine (C=N–C) groups is 1. The average molecular weight is 455 g/mol. The number of guanidine groups is 1. The molecular weight excluding hydrogens is 421 g/mol. The van der Waals surface area contributed by atoms with Crippen LogP contribution in [0, 0.1) is 0 Å². The Morgan fingerprint density at radius 2 is 1.92 bits per heavy atom. The molecule has 1 heterocycles. The van der Waals surface area contributed by atoms with Crippen molar-refractivity contribution in [1.29, 1.82) is 0 Å². The van der Waals surface area contributed by atoms with Crippen molar-refractivity contribution >= 4 is 35.8 Å². The fourth-order valence-corrected chi connectivity index (χ4v) is 2.59. The lowest BCUT2D eigenvalue weighted by molar-refractivity contribution is -0.130. The Labute approximate surface area is 163 Å². The molecule has 1 rings (SSSR count). The van der Waals surface area contributed by atoms with Crippen LogP contribution in [0.5, 0.6) is 0 Å². The second kappa shape index (κ2) is 14.7. The van der Waals surface area contributed by atoms with Gasteiger partial charge in [0.1, 0.15) is 0 Å². The second-order valence-electron chi connectivity index (χ2n) is 5.94. The average Bonchev–Trinajstić information content (AvgIpc) is 2.58. The predicted octanol–water partition coefficient (Wildman–Crippen LogP) is 0.750. The van der Waals surface area contributed by atoms with Crippen molar-refractivity contribution in [3.8, 4) is 0 Å². The first-order chi connectivity index (χ1) is 11.2. The van der Waals surface area contributed by atoms with Crippen LogP contribution in [0.2, 0.25) is 0 Å². The number of piperidine rings is 1. The highest BCUT2D eigenvalue weighted by atomic mass is 127. The van der Waals surface area contributed by atoms with Crippen molar-refractivity contribution in [3.05, 3.63) is 0 Å². The SMILES string of the molecule is CN=C(NCCN(C)CCCOC)NCC(=O)N1CCCCC1.I. The van der Waals surface area contributed by atoms with E-state index < -0.39 is 0 Å². The summed E-state index contributed by atoms with van der Waals surface area (Å²) in [7, 11) is 5.54. The molecule has 1 fully saturated rings. The van der Waals surface area contributed by atoms with Crippen molar-refractivity contribution in [2.45, 2.75) is 25.7 Å². The molecule has 1 saturated heterocycles. The van der Waals surface area contributed by atoms with Crippen molar-refractivity contribution in [1.82, 2.24) is 20.4 Å². The monoisotopic (exact) mass is 455 g/mol. The Morgan fingerprint density at radius 1 is 1.21 bits per heavy atom. The molecule has 0 aliphatic carbocycles. The first-order valence-corrected chi connectivity index (χ1v) is 8.57. The normalized spacial score (nSPS) is 15.2. The quantitative estimate of drug-likeness (QED) is 0.233. The zero-order chi connectivity index (χ0) is 16.9. The third-order valence-corrected chi connectivity index (χ3v) is 4.01. The Bertz CT molecular complexity index is 362. The van der Waals surface area contributed by atoms with Crippen LogP contribution in [-0.2, 0) is 9.53 Å². The number of rotatable bonds is 9. The van der Waals surface area contributed by atoms with Crippen LogP contribution in [0.4, 0.5) is 0 Å². The fraction of sp³-hybridized carbons (Fsp3) is 0.875. The number of ether oxygens (including phenoxy) is 1. The highest BCUT2D eigenvalue weighted by molar-refractivity contribution is 14.0. The first kappa shape index (κ1) is 23.4. The molecule has 1 amide bonds. The van der Waals surface area contributed by atoms with Gasteiger partial charge in [0.15, 0.2) is 5.96 Å². The van der Waals surface area contributed by atoms with E-state index >= 15 is 0 Å². The number of nitrogens with one attached hydrogen (secondary N) is 2. The highest BCUT2D eigenvalue weighted by Crippen LogP contribution is 2.08. The number of hydrogen-bond acceptors (Lipinski definition) is 4. The van der Waals surface area contributed by atoms with Crippen LogP contribution < -0.4 is 10.6 Å². The second-order valence-corrected chi connectivity index (χ2v) is 5.94. The van der Waals surface area contributed by atoms with E-state index in [4.69, 9.17) is 4.74 Å². The zero-order valence-electron chi connectivity index (χ0n) is 15.3. The summed E-state index contributed by atoms with van der Waals surface area (Å²) < 4.78 is 5.05. The van der Waals surface area contributed by atoms with E-state index in [9.17, 15) is 4.79 Å². The van der Waals surface area contributed by atoms with E-state index in [2.05, 4.69) is 27.6 Å². The molecule has 0 radical (unpaired) electrons. The Hall–Kier alpha value is -0.610. The number of carbonyl (C=O) groups is 1. The first-order valence-electron chi connectivity index (χ1n) is 8.57. The fourth-order valence-electron chi connectivity index (χ4n) is 2.59. The topological polar surface area (TPSA) is 69.2 Å². The minimum Gasteiger partial charge on any atom is -0.385 e. The summed E-state index contributed by atoms with van der Waals surface area (Å²) in [6, 6.07) is 0. The number of amides is 1. The smallest absolute Gasteiger partial charge is 0.241 e. The number of carbonyl (C=O) groups excluding carboxylic acids is 1. The summed E-state index contributed by atoms with van der Waals surface area (Å²) in [5.41, 5.74) is 0. The number of likely N-dealkylation sites (tertiary alicyclic amines) is 1. The molecule has 2 N–H and O–H groups in total. The molecule has 24 heavy (non-hydrogen) atoms. The van der Waals surface area contributed by atoms with Gasteiger partial charge in [0.2, 0.25) is 5.91 Å². The Kier molecular flexibility index (Phi) is 14.3. The van der Waals surface area contributed by atoms with E-state index in [1.807, 2.05) is 4.90 Å². The Morgan fingerprint density at radius 3 is 2.54 bits per heavy atom. The van der Waals surface area contributed by atoms with Gasteiger partial charge in [-0.2, -0.15) is 0 Å². The van der Waals surface area contributed by atoms with Crippen molar-refractivity contribution in [2.24, 2.45) is 4.99 Å². The summed E-state index contributed by atoms with van der Waals surface area (Å²) >= 11 is 0. The number of nitrogens with zero attached hydrogens (tertiary/aromatic N) is 3. The van der Waals surface area contributed by atoms with Gasteiger partial charge >= 0.3 is 0 Å². The third-order valence-electron chi connectivity index (χ3n) is 4.01. The number of likely N-dealkylation sites (N-methyl/N-ethyl adjacent to an activating group) is 1. The van der Waals surface area contributed by atoms with Crippen molar-refractivity contribution in [2.75, 3.05) is 67.1 Å². The largest absolute Gasteiger partial charge is 0.385 e.